The van der Waals surface area contributed by atoms with Crippen LogP contribution >= 0.6 is 11.5 Å². The van der Waals surface area contributed by atoms with Crippen molar-refractivity contribution >= 4 is 34.9 Å². The van der Waals surface area contributed by atoms with E-state index in [2.05, 4.69) is 9.69 Å². The zero-order valence-electron chi connectivity index (χ0n) is 16.3. The number of hydrogen-bond acceptors (Lipinski definition) is 6. The molecule has 1 heterocycles. The van der Waals surface area contributed by atoms with E-state index in [0.717, 1.165) is 62.9 Å². The number of aromatic nitrogens is 1. The Bertz CT molecular complexity index is 738. The number of nitrogens with zero attached hydrogens (tertiary/aromatic N) is 2. The molecule has 2 saturated carbocycles. The average Bonchev–Trinajstić information content (AvgIpc) is 3.32. The monoisotopic (exact) mass is 407 g/mol. The van der Waals surface area contributed by atoms with Crippen molar-refractivity contribution in [2.75, 3.05) is 5.73 Å². The van der Waals surface area contributed by atoms with Crippen molar-refractivity contribution in [2.45, 2.75) is 82.8 Å². The zero-order valence-corrected chi connectivity index (χ0v) is 17.1. The number of nitrogen functional groups attached to an aromatic ring is 1. The molecule has 1 atom stereocenters. The van der Waals surface area contributed by atoms with Gasteiger partial charge in [0.25, 0.3) is 11.8 Å². The van der Waals surface area contributed by atoms with Crippen LogP contribution in [0.5, 0.6) is 0 Å². The molecule has 8 nitrogen and oxygen atoms in total. The van der Waals surface area contributed by atoms with E-state index in [4.69, 9.17) is 11.5 Å². The van der Waals surface area contributed by atoms with Gasteiger partial charge in [-0.3, -0.25) is 14.4 Å². The Labute approximate surface area is 169 Å². The van der Waals surface area contributed by atoms with Gasteiger partial charge in [0.15, 0.2) is 5.69 Å². The molecule has 9 heteroatoms. The second-order valence-corrected chi connectivity index (χ2v) is 8.58. The molecule has 154 valence electrons. The van der Waals surface area contributed by atoms with Crippen LogP contribution in [0, 0.1) is 0 Å². The maximum Gasteiger partial charge on any atom is 0.270 e. The Morgan fingerprint density at radius 1 is 1.11 bits per heavy atom. The van der Waals surface area contributed by atoms with Gasteiger partial charge in [0.05, 0.1) is 5.69 Å². The molecule has 2 aliphatic carbocycles. The molecule has 0 bridgehead atoms. The van der Waals surface area contributed by atoms with Gasteiger partial charge in [-0.15, -0.1) is 0 Å². The summed E-state index contributed by atoms with van der Waals surface area (Å²) in [6.45, 7) is 1.76. The molecule has 2 aliphatic rings. The van der Waals surface area contributed by atoms with E-state index in [1.54, 1.807) is 11.8 Å². The Kier molecular flexibility index (Phi) is 6.53. The van der Waals surface area contributed by atoms with Crippen molar-refractivity contribution in [3.8, 4) is 0 Å². The first-order valence-electron chi connectivity index (χ1n) is 10.1. The minimum atomic E-state index is -0.761. The molecule has 1 aromatic rings. The van der Waals surface area contributed by atoms with Crippen LogP contribution in [0.1, 0.15) is 84.9 Å². The highest BCUT2D eigenvalue weighted by molar-refractivity contribution is 7.09. The number of anilines is 1. The van der Waals surface area contributed by atoms with Crippen molar-refractivity contribution in [3.63, 3.8) is 0 Å². The highest BCUT2D eigenvalue weighted by Gasteiger charge is 2.37. The number of nitrogens with two attached hydrogens (primary N) is 2. The van der Waals surface area contributed by atoms with E-state index in [1.165, 1.54) is 6.42 Å². The second-order valence-electron chi connectivity index (χ2n) is 7.81. The minimum absolute atomic E-state index is 0.00499. The number of hydrogen-bond donors (Lipinski definition) is 3. The Morgan fingerprint density at radius 3 is 2.29 bits per heavy atom. The fraction of sp³-hybridized carbons (Fsp3) is 0.684. The predicted molar refractivity (Wildman–Crippen MR) is 108 cm³/mol. The summed E-state index contributed by atoms with van der Waals surface area (Å²) in [6.07, 6.45) is 9.19. The molecule has 3 amide bonds. The standard InChI is InChI=1S/C19H29N5O3S/c1-11(18(26)22-12-7-3-2-4-8-12)24(13-9-5-6-10-13)19(27)16-14(20)15(17(21)25)23-28-16/h11-13H,2-10,20H2,1H3,(H2,21,25)(H,22,26)/t11-/m1/s1. The lowest BCUT2D eigenvalue weighted by Gasteiger charge is -2.35. The SMILES string of the molecule is C[C@H](C(=O)NC1CCCCC1)N(C(=O)c1snc(C(N)=O)c1N)C1CCCC1. The molecule has 0 radical (unpaired) electrons. The fourth-order valence-corrected chi connectivity index (χ4v) is 5.03. The highest BCUT2D eigenvalue weighted by Crippen LogP contribution is 2.30. The lowest BCUT2D eigenvalue weighted by atomic mass is 9.95. The molecule has 28 heavy (non-hydrogen) atoms. The van der Waals surface area contributed by atoms with Crippen LogP contribution in [0.4, 0.5) is 5.69 Å². The predicted octanol–water partition coefficient (Wildman–Crippen LogP) is 2.05. The average molecular weight is 408 g/mol. The first kappa shape index (κ1) is 20.6. The maximum absolute atomic E-state index is 13.3. The third-order valence-electron chi connectivity index (χ3n) is 5.86. The highest BCUT2D eigenvalue weighted by atomic mass is 32.1. The smallest absolute Gasteiger partial charge is 0.270 e. The summed E-state index contributed by atoms with van der Waals surface area (Å²) in [5.74, 6) is -1.24. The largest absolute Gasteiger partial charge is 0.395 e. The van der Waals surface area contributed by atoms with Crippen LogP contribution in [0.2, 0.25) is 0 Å². The first-order valence-corrected chi connectivity index (χ1v) is 10.9. The van der Waals surface area contributed by atoms with E-state index in [0.29, 0.717) is 0 Å². The summed E-state index contributed by atoms with van der Waals surface area (Å²) in [6, 6.07) is -0.451. The first-order chi connectivity index (χ1) is 13.4. The molecule has 5 N–H and O–H groups in total. The van der Waals surface area contributed by atoms with Crippen molar-refractivity contribution in [2.24, 2.45) is 5.73 Å². The number of nitrogens with one attached hydrogen (secondary N) is 1. The second kappa shape index (κ2) is 8.89. The number of rotatable bonds is 6. The summed E-state index contributed by atoms with van der Waals surface area (Å²) >= 11 is 0.866. The van der Waals surface area contributed by atoms with E-state index in [9.17, 15) is 14.4 Å². The quantitative estimate of drug-likeness (QED) is 0.664. The van der Waals surface area contributed by atoms with Crippen molar-refractivity contribution in [1.29, 1.82) is 0 Å². The van der Waals surface area contributed by atoms with Gasteiger partial charge in [-0.2, -0.15) is 4.37 Å². The zero-order chi connectivity index (χ0) is 20.3. The third kappa shape index (κ3) is 4.29. The maximum atomic E-state index is 13.3. The summed E-state index contributed by atoms with van der Waals surface area (Å²) in [5, 5.41) is 3.12. The van der Waals surface area contributed by atoms with Gasteiger partial charge >= 0.3 is 0 Å². The summed E-state index contributed by atoms with van der Waals surface area (Å²) < 4.78 is 3.94. The molecule has 2 fully saturated rings. The van der Waals surface area contributed by atoms with Gasteiger partial charge < -0.3 is 21.7 Å². The Morgan fingerprint density at radius 2 is 1.71 bits per heavy atom. The van der Waals surface area contributed by atoms with E-state index < -0.39 is 11.9 Å². The normalized spacial score (nSPS) is 19.3. The summed E-state index contributed by atoms with van der Waals surface area (Å²) in [4.78, 5) is 39.5. The molecule has 0 unspecified atom stereocenters. The third-order valence-corrected chi connectivity index (χ3v) is 6.71. The van der Waals surface area contributed by atoms with E-state index in [-0.39, 0.29) is 40.2 Å². The minimum Gasteiger partial charge on any atom is -0.395 e. The molecule has 0 spiro atoms. The Balaban J connectivity index is 1.81. The topological polar surface area (TPSA) is 131 Å². The molecule has 0 aromatic carbocycles. The van der Waals surface area contributed by atoms with Crippen LogP contribution in [0.25, 0.3) is 0 Å². The molecular weight excluding hydrogens is 378 g/mol. The molecule has 0 aliphatic heterocycles. The van der Waals surface area contributed by atoms with Crippen LogP contribution in [-0.2, 0) is 4.79 Å². The van der Waals surface area contributed by atoms with Crippen LogP contribution in [0.15, 0.2) is 0 Å². The van der Waals surface area contributed by atoms with Crippen molar-refractivity contribution in [1.82, 2.24) is 14.6 Å². The molecule has 0 saturated heterocycles. The van der Waals surface area contributed by atoms with Crippen LogP contribution < -0.4 is 16.8 Å². The van der Waals surface area contributed by atoms with Gasteiger partial charge in [0.1, 0.15) is 10.9 Å². The van der Waals surface area contributed by atoms with Crippen molar-refractivity contribution in [3.05, 3.63) is 10.6 Å². The lowest BCUT2D eigenvalue weighted by molar-refractivity contribution is -0.126. The summed E-state index contributed by atoms with van der Waals surface area (Å²) in [5.41, 5.74) is 11.2. The van der Waals surface area contributed by atoms with Gasteiger partial charge in [-0.1, -0.05) is 32.1 Å². The Hall–Kier alpha value is -2.16. The van der Waals surface area contributed by atoms with Gasteiger partial charge in [-0.25, -0.2) is 0 Å². The van der Waals surface area contributed by atoms with Crippen LogP contribution in [0.3, 0.4) is 0 Å². The van der Waals surface area contributed by atoms with Crippen LogP contribution in [-0.4, -0.2) is 45.1 Å². The fourth-order valence-electron chi connectivity index (χ4n) is 4.28. The number of amides is 3. The number of primary amides is 1. The number of carbonyl (C=O) groups is 3. The number of carbonyl (C=O) groups excluding carboxylic acids is 3. The molecule has 3 rings (SSSR count). The van der Waals surface area contributed by atoms with Crippen molar-refractivity contribution < 1.29 is 14.4 Å². The van der Waals surface area contributed by atoms with Gasteiger partial charge in [0, 0.05) is 12.1 Å². The van der Waals surface area contributed by atoms with E-state index in [1.807, 2.05) is 0 Å². The molecular formula is C19H29N5O3S. The van der Waals surface area contributed by atoms with Gasteiger partial charge in [0.2, 0.25) is 5.91 Å². The van der Waals surface area contributed by atoms with Gasteiger partial charge in [-0.05, 0) is 44.1 Å². The molecule has 1 aromatic heterocycles. The summed E-state index contributed by atoms with van der Waals surface area (Å²) in [7, 11) is 0. The lowest BCUT2D eigenvalue weighted by Crippen LogP contribution is -2.53. The van der Waals surface area contributed by atoms with E-state index >= 15 is 0 Å².